The van der Waals surface area contributed by atoms with Crippen LogP contribution in [0.2, 0.25) is 0 Å². The van der Waals surface area contributed by atoms with E-state index in [1.807, 2.05) is 0 Å². The highest BCUT2D eigenvalue weighted by atomic mass is 19.4. The highest BCUT2D eigenvalue weighted by Gasteiger charge is 2.34. The number of aromatic amines is 1. The van der Waals surface area contributed by atoms with Crippen molar-refractivity contribution in [2.24, 2.45) is 0 Å². The Morgan fingerprint density at radius 3 is 2.71 bits per heavy atom. The second-order valence-electron chi connectivity index (χ2n) is 4.94. The largest absolute Gasteiger partial charge is 0.433 e. The van der Waals surface area contributed by atoms with Gasteiger partial charge in [-0.05, 0) is 19.1 Å². The molecule has 0 radical (unpaired) electrons. The number of anilines is 1. The summed E-state index contributed by atoms with van der Waals surface area (Å²) in [6.07, 6.45) is -0.358. The molecule has 0 aliphatic heterocycles. The van der Waals surface area contributed by atoms with Gasteiger partial charge in [-0.15, -0.1) is 0 Å². The third-order valence-electron chi connectivity index (χ3n) is 3.14. The van der Waals surface area contributed by atoms with Crippen molar-refractivity contribution in [1.29, 1.82) is 0 Å². The molecule has 10 heteroatoms. The smallest absolute Gasteiger partial charge is 0.360 e. The Balaban J connectivity index is 1.99. The quantitative estimate of drug-likeness (QED) is 0.762. The molecule has 0 aliphatic rings. The average Bonchev–Trinajstić information content (AvgIpc) is 3.09. The van der Waals surface area contributed by atoms with Crippen molar-refractivity contribution in [2.45, 2.75) is 19.1 Å². The highest BCUT2D eigenvalue weighted by molar-refractivity contribution is 5.56. The minimum Gasteiger partial charge on any atom is -0.360 e. The maximum atomic E-state index is 13.1. The van der Waals surface area contributed by atoms with Crippen LogP contribution in [0.5, 0.6) is 0 Å². The molecular weight excluding hydrogens is 323 g/mol. The molecule has 1 atom stereocenters. The lowest BCUT2D eigenvalue weighted by Crippen LogP contribution is -2.14. The summed E-state index contributed by atoms with van der Waals surface area (Å²) in [5.41, 5.74) is -0.650. The standard InChI is InChI=1S/C14H12F3N7/c1-8(12-19-7-20-24-12)21-11-5-10(14(15,16)17)22-13(23-11)9-3-2-4-18-6-9/h2-8H,1H3,(H,19,20,24)(H,21,22,23)/t8-/m1/s1. The van der Waals surface area contributed by atoms with Crippen LogP contribution in [-0.4, -0.2) is 30.1 Å². The Labute approximate surface area is 134 Å². The van der Waals surface area contributed by atoms with E-state index in [2.05, 4.69) is 35.5 Å². The number of aromatic nitrogens is 6. The van der Waals surface area contributed by atoms with Crippen molar-refractivity contribution in [3.8, 4) is 11.4 Å². The maximum Gasteiger partial charge on any atom is 0.433 e. The maximum absolute atomic E-state index is 13.1. The number of hydrogen-bond acceptors (Lipinski definition) is 6. The van der Waals surface area contributed by atoms with Crippen molar-refractivity contribution >= 4 is 5.82 Å². The van der Waals surface area contributed by atoms with Crippen LogP contribution in [0.15, 0.2) is 36.9 Å². The molecule has 0 saturated heterocycles. The summed E-state index contributed by atoms with van der Waals surface area (Å²) >= 11 is 0. The topological polar surface area (TPSA) is 92.3 Å². The van der Waals surface area contributed by atoms with E-state index in [4.69, 9.17) is 0 Å². The van der Waals surface area contributed by atoms with Gasteiger partial charge < -0.3 is 5.32 Å². The number of halogens is 3. The second-order valence-corrected chi connectivity index (χ2v) is 4.94. The normalized spacial score (nSPS) is 12.8. The van der Waals surface area contributed by atoms with Crippen LogP contribution in [0.25, 0.3) is 11.4 Å². The molecule has 24 heavy (non-hydrogen) atoms. The molecule has 3 heterocycles. The monoisotopic (exact) mass is 335 g/mol. The van der Waals surface area contributed by atoms with Crippen LogP contribution in [0.1, 0.15) is 24.5 Å². The van der Waals surface area contributed by atoms with Crippen LogP contribution in [0.4, 0.5) is 19.0 Å². The lowest BCUT2D eigenvalue weighted by molar-refractivity contribution is -0.141. The van der Waals surface area contributed by atoms with Crippen LogP contribution in [0, 0.1) is 0 Å². The molecular formula is C14H12F3N7. The van der Waals surface area contributed by atoms with Gasteiger partial charge in [0.25, 0.3) is 0 Å². The van der Waals surface area contributed by atoms with E-state index in [9.17, 15) is 13.2 Å². The van der Waals surface area contributed by atoms with Gasteiger partial charge in [0.2, 0.25) is 0 Å². The number of pyridine rings is 1. The van der Waals surface area contributed by atoms with Crippen molar-refractivity contribution in [2.75, 3.05) is 5.32 Å². The predicted molar refractivity (Wildman–Crippen MR) is 78.7 cm³/mol. The molecule has 0 aromatic carbocycles. The fourth-order valence-corrected chi connectivity index (χ4v) is 2.00. The van der Waals surface area contributed by atoms with Gasteiger partial charge in [-0.25, -0.2) is 15.0 Å². The van der Waals surface area contributed by atoms with Crippen LogP contribution in [0.3, 0.4) is 0 Å². The predicted octanol–water partition coefficient (Wildman–Crippen LogP) is 2.85. The van der Waals surface area contributed by atoms with Gasteiger partial charge in [-0.1, -0.05) is 0 Å². The summed E-state index contributed by atoms with van der Waals surface area (Å²) < 4.78 is 39.3. The lowest BCUT2D eigenvalue weighted by Gasteiger charge is -2.15. The van der Waals surface area contributed by atoms with E-state index in [0.29, 0.717) is 11.4 Å². The van der Waals surface area contributed by atoms with Crippen LogP contribution < -0.4 is 5.32 Å². The first kappa shape index (κ1) is 15.8. The Hall–Kier alpha value is -3.04. The third kappa shape index (κ3) is 3.47. The number of nitrogens with zero attached hydrogens (tertiary/aromatic N) is 5. The van der Waals surface area contributed by atoms with E-state index in [-0.39, 0.29) is 11.6 Å². The van der Waals surface area contributed by atoms with Gasteiger partial charge in [0.1, 0.15) is 18.0 Å². The molecule has 0 saturated carbocycles. The van der Waals surface area contributed by atoms with Gasteiger partial charge in [0.05, 0.1) is 6.04 Å². The Morgan fingerprint density at radius 1 is 1.25 bits per heavy atom. The fraction of sp³-hybridized carbons (Fsp3) is 0.214. The minimum absolute atomic E-state index is 0.0279. The van der Waals surface area contributed by atoms with E-state index >= 15 is 0 Å². The molecule has 7 nitrogen and oxygen atoms in total. The summed E-state index contributed by atoms with van der Waals surface area (Å²) in [7, 11) is 0. The van der Waals surface area contributed by atoms with Gasteiger partial charge in [0, 0.05) is 24.0 Å². The SMILES string of the molecule is C[C@@H](Nc1cc(C(F)(F)F)nc(-c2cccnc2)n1)c1ncn[nH]1. The van der Waals surface area contributed by atoms with E-state index < -0.39 is 17.9 Å². The average molecular weight is 335 g/mol. The summed E-state index contributed by atoms with van der Waals surface area (Å²) in [6.45, 7) is 1.72. The number of nitrogens with one attached hydrogen (secondary N) is 2. The summed E-state index contributed by atoms with van der Waals surface area (Å²) in [6, 6.07) is 3.63. The molecule has 124 valence electrons. The fourth-order valence-electron chi connectivity index (χ4n) is 2.00. The summed E-state index contributed by atoms with van der Waals surface area (Å²) in [5.74, 6) is 0.440. The molecule has 0 unspecified atom stereocenters. The molecule has 0 aliphatic carbocycles. The molecule has 0 spiro atoms. The zero-order valence-corrected chi connectivity index (χ0v) is 12.4. The van der Waals surface area contributed by atoms with Gasteiger partial charge in [-0.3, -0.25) is 10.1 Å². The van der Waals surface area contributed by atoms with Gasteiger partial charge in [0.15, 0.2) is 11.5 Å². The van der Waals surface area contributed by atoms with E-state index in [1.165, 1.54) is 18.7 Å². The van der Waals surface area contributed by atoms with E-state index in [0.717, 1.165) is 6.07 Å². The number of H-pyrrole nitrogens is 1. The molecule has 3 aromatic heterocycles. The minimum atomic E-state index is -4.59. The summed E-state index contributed by atoms with van der Waals surface area (Å²) in [4.78, 5) is 15.6. The number of alkyl halides is 3. The zero-order chi connectivity index (χ0) is 17.2. The Bertz CT molecular complexity index is 803. The van der Waals surface area contributed by atoms with Crippen molar-refractivity contribution in [3.63, 3.8) is 0 Å². The first-order chi connectivity index (χ1) is 11.4. The third-order valence-corrected chi connectivity index (χ3v) is 3.14. The van der Waals surface area contributed by atoms with Crippen LogP contribution in [-0.2, 0) is 6.18 Å². The molecule has 0 amide bonds. The number of rotatable bonds is 4. The molecule has 0 bridgehead atoms. The first-order valence-corrected chi connectivity index (χ1v) is 6.92. The van der Waals surface area contributed by atoms with Gasteiger partial charge in [-0.2, -0.15) is 18.3 Å². The van der Waals surface area contributed by atoms with E-state index in [1.54, 1.807) is 19.1 Å². The van der Waals surface area contributed by atoms with Crippen molar-refractivity contribution in [3.05, 3.63) is 48.4 Å². The van der Waals surface area contributed by atoms with Gasteiger partial charge >= 0.3 is 6.18 Å². The Kier molecular flexibility index (Phi) is 4.11. The summed E-state index contributed by atoms with van der Waals surface area (Å²) in [5, 5.41) is 9.22. The lowest BCUT2D eigenvalue weighted by atomic mass is 10.2. The molecule has 3 aromatic rings. The number of hydrogen-bond donors (Lipinski definition) is 2. The van der Waals surface area contributed by atoms with Crippen LogP contribution >= 0.6 is 0 Å². The molecule has 2 N–H and O–H groups in total. The molecule has 3 rings (SSSR count). The highest BCUT2D eigenvalue weighted by Crippen LogP contribution is 2.31. The first-order valence-electron chi connectivity index (χ1n) is 6.92. The zero-order valence-electron chi connectivity index (χ0n) is 12.4. The molecule has 0 fully saturated rings. The second kappa shape index (κ2) is 6.22. The van der Waals surface area contributed by atoms with Crippen molar-refractivity contribution in [1.82, 2.24) is 30.1 Å². The Morgan fingerprint density at radius 2 is 2.08 bits per heavy atom. The van der Waals surface area contributed by atoms with Crippen molar-refractivity contribution < 1.29 is 13.2 Å².